The minimum Gasteiger partial charge on any atom is -0.477 e. The molecule has 69 valence electrons. The van der Waals surface area contributed by atoms with Gasteiger partial charge in [0.1, 0.15) is 11.7 Å². The Morgan fingerprint density at radius 1 is 1.53 bits per heavy atom. The molecule has 0 aliphatic heterocycles. The Labute approximate surface area is 97.1 Å². The zero-order chi connectivity index (χ0) is 10.1. The molecule has 1 N–H and O–H groups in total. The van der Waals surface area contributed by atoms with Crippen LogP contribution in [0.3, 0.4) is 0 Å². The molecule has 2 aromatic rings. The van der Waals surface area contributed by atoms with E-state index in [0.717, 1.165) is 0 Å². The maximum atomic E-state index is 10.7. The van der Waals surface area contributed by atoms with Crippen molar-refractivity contribution in [3.8, 4) is 6.07 Å². The van der Waals surface area contributed by atoms with Crippen LogP contribution in [-0.2, 0) is 0 Å². The summed E-state index contributed by atoms with van der Waals surface area (Å²) in [6.45, 7) is 0. The van der Waals surface area contributed by atoms with Gasteiger partial charge in [0.25, 0.3) is 0 Å². The van der Waals surface area contributed by atoms with Crippen LogP contribution in [0.25, 0.3) is 5.65 Å². The first-order valence-electron chi connectivity index (χ1n) is 3.83. The molecule has 0 bridgehead atoms. The molecule has 0 saturated heterocycles. The molecular weight excluding hydrogens is 189 g/mol. The molecule has 0 aliphatic carbocycles. The number of carboxylic acids is 1. The summed E-state index contributed by atoms with van der Waals surface area (Å²) in [6, 6.07) is 5.13. The number of rotatable bonds is 1. The zero-order valence-electron chi connectivity index (χ0n) is 8.01. The van der Waals surface area contributed by atoms with Crippen molar-refractivity contribution in [2.24, 2.45) is 0 Å². The van der Waals surface area contributed by atoms with Crippen molar-refractivity contribution in [1.82, 2.24) is 9.38 Å². The minimum atomic E-state index is -1.06. The van der Waals surface area contributed by atoms with Gasteiger partial charge >= 0.3 is 5.97 Å². The first-order chi connectivity index (χ1) is 6.72. The van der Waals surface area contributed by atoms with Crippen LogP contribution in [0.5, 0.6) is 0 Å². The third-order valence-corrected chi connectivity index (χ3v) is 1.85. The van der Waals surface area contributed by atoms with Gasteiger partial charge in [-0.2, -0.15) is 5.26 Å². The van der Waals surface area contributed by atoms with Crippen LogP contribution in [0.4, 0.5) is 0 Å². The molecule has 6 heteroatoms. The van der Waals surface area contributed by atoms with Crippen LogP contribution in [-0.4, -0.2) is 39.3 Å². The van der Waals surface area contributed by atoms with E-state index in [1.54, 1.807) is 12.1 Å². The predicted molar refractivity (Wildman–Crippen MR) is 52.6 cm³/mol. The fraction of sp³-hybridized carbons (Fsp3) is 0. The minimum absolute atomic E-state index is 0. The zero-order valence-corrected chi connectivity index (χ0v) is 8.01. The Bertz CT molecular complexity index is 556. The van der Waals surface area contributed by atoms with E-state index in [1.165, 1.54) is 16.8 Å². The van der Waals surface area contributed by atoms with Gasteiger partial charge in [-0.1, -0.05) is 0 Å². The van der Waals surface area contributed by atoms with E-state index in [1.807, 2.05) is 6.07 Å². The molecule has 2 heterocycles. The summed E-state index contributed by atoms with van der Waals surface area (Å²) >= 11 is 0. The Hall–Kier alpha value is -1.75. The third-order valence-electron chi connectivity index (χ3n) is 1.85. The van der Waals surface area contributed by atoms with Crippen LogP contribution >= 0.6 is 0 Å². The summed E-state index contributed by atoms with van der Waals surface area (Å²) in [5.74, 6) is -1.06. The first kappa shape index (κ1) is 11.3. The fourth-order valence-corrected chi connectivity index (χ4v) is 1.20. The maximum Gasteiger partial charge on any atom is 0.354 e. The van der Waals surface area contributed by atoms with Crippen LogP contribution in [0.1, 0.15) is 16.1 Å². The third kappa shape index (κ3) is 1.87. The molecule has 0 saturated carbocycles. The molecule has 2 rings (SSSR count). The summed E-state index contributed by atoms with van der Waals surface area (Å²) in [6.07, 6.45) is 2.71. The van der Waals surface area contributed by atoms with Crippen molar-refractivity contribution in [2.75, 3.05) is 0 Å². The molecule has 0 amide bonds. The van der Waals surface area contributed by atoms with Crippen molar-refractivity contribution in [3.63, 3.8) is 0 Å². The summed E-state index contributed by atoms with van der Waals surface area (Å²) < 4.78 is 1.38. The van der Waals surface area contributed by atoms with Gasteiger partial charge in [0.2, 0.25) is 0 Å². The van der Waals surface area contributed by atoms with Gasteiger partial charge in [-0.3, -0.25) is 4.40 Å². The van der Waals surface area contributed by atoms with Crippen molar-refractivity contribution in [1.29, 1.82) is 5.26 Å². The van der Waals surface area contributed by atoms with Crippen LogP contribution < -0.4 is 0 Å². The quantitative estimate of drug-likeness (QED) is 0.671. The van der Waals surface area contributed by atoms with Gasteiger partial charge < -0.3 is 5.11 Å². The van der Waals surface area contributed by atoms with Gasteiger partial charge in [0.05, 0.1) is 11.8 Å². The number of imidazole rings is 1. The number of fused-ring (bicyclic) bond motifs is 1. The Balaban J connectivity index is 0.00000112. The first-order valence-corrected chi connectivity index (χ1v) is 3.83. The van der Waals surface area contributed by atoms with Crippen molar-refractivity contribution in [3.05, 3.63) is 35.8 Å². The number of hydrogen-bond acceptors (Lipinski definition) is 3. The van der Waals surface area contributed by atoms with E-state index in [2.05, 4.69) is 4.98 Å². The molecule has 0 atom stereocenters. The van der Waals surface area contributed by atoms with Gasteiger partial charge in [-0.25, -0.2) is 9.78 Å². The average Bonchev–Trinajstić information content (AvgIpc) is 2.59. The number of aromatic carboxylic acids is 1. The number of pyridine rings is 1. The average molecular weight is 194 g/mol. The second-order valence-electron chi connectivity index (χ2n) is 2.71. The molecule has 2 aromatic heterocycles. The van der Waals surface area contributed by atoms with Crippen molar-refractivity contribution >= 4 is 30.5 Å². The van der Waals surface area contributed by atoms with Gasteiger partial charge in [0.15, 0.2) is 5.69 Å². The topological polar surface area (TPSA) is 78.4 Å². The van der Waals surface area contributed by atoms with Gasteiger partial charge in [0, 0.05) is 25.1 Å². The molecule has 0 spiro atoms. The van der Waals surface area contributed by atoms with E-state index in [9.17, 15) is 4.79 Å². The molecule has 1 radical (unpaired) electrons. The number of nitriles is 1. The number of nitrogens with zero attached hydrogens (tertiary/aromatic N) is 3. The van der Waals surface area contributed by atoms with Crippen molar-refractivity contribution in [2.45, 2.75) is 0 Å². The fourth-order valence-electron chi connectivity index (χ4n) is 1.20. The van der Waals surface area contributed by atoms with E-state index in [4.69, 9.17) is 10.4 Å². The van der Waals surface area contributed by atoms with Crippen LogP contribution in [0, 0.1) is 11.3 Å². The van der Waals surface area contributed by atoms with E-state index in [-0.39, 0.29) is 24.6 Å². The smallest absolute Gasteiger partial charge is 0.354 e. The SMILES string of the molecule is N#Cc1ccc2ncc(C(=O)O)n2c1.[Li]. The number of carboxylic acid groups (broad SMARTS) is 1. The Morgan fingerprint density at radius 3 is 2.87 bits per heavy atom. The number of carbonyl (C=O) groups is 1. The summed E-state index contributed by atoms with van der Waals surface area (Å²) in [5.41, 5.74) is 0.969. The summed E-state index contributed by atoms with van der Waals surface area (Å²) in [7, 11) is 0. The van der Waals surface area contributed by atoms with Gasteiger partial charge in [-0.15, -0.1) is 0 Å². The number of aromatic nitrogens is 2. The maximum absolute atomic E-state index is 10.7. The molecule has 0 aromatic carbocycles. The summed E-state index contributed by atoms with van der Waals surface area (Å²) in [5, 5.41) is 17.4. The predicted octanol–water partition coefficient (Wildman–Crippen LogP) is 0.523. The Kier molecular flexibility index (Phi) is 3.16. The molecular formula is C9H5LiN3O2. The second kappa shape index (κ2) is 4.18. The van der Waals surface area contributed by atoms with Gasteiger partial charge in [-0.05, 0) is 12.1 Å². The van der Waals surface area contributed by atoms with Crippen molar-refractivity contribution < 1.29 is 9.90 Å². The second-order valence-corrected chi connectivity index (χ2v) is 2.71. The molecule has 0 aliphatic rings. The van der Waals surface area contributed by atoms with E-state index >= 15 is 0 Å². The molecule has 15 heavy (non-hydrogen) atoms. The van der Waals surface area contributed by atoms with Crippen LogP contribution in [0.15, 0.2) is 24.5 Å². The van der Waals surface area contributed by atoms with E-state index in [0.29, 0.717) is 11.2 Å². The summed E-state index contributed by atoms with van der Waals surface area (Å²) in [4.78, 5) is 14.6. The standard InChI is InChI=1S/C9H5N3O2.Li/c10-3-6-1-2-8-11-4-7(9(13)14)12(8)5-6;/h1-2,4-5H,(H,13,14);. The normalized spacial score (nSPS) is 9.27. The monoisotopic (exact) mass is 194 g/mol. The van der Waals surface area contributed by atoms with E-state index < -0.39 is 5.97 Å². The molecule has 5 nitrogen and oxygen atoms in total. The van der Waals surface area contributed by atoms with Crippen LogP contribution in [0.2, 0.25) is 0 Å². The largest absolute Gasteiger partial charge is 0.477 e. The Morgan fingerprint density at radius 2 is 2.27 bits per heavy atom. The molecule has 0 unspecified atom stereocenters. The number of hydrogen-bond donors (Lipinski definition) is 1. The molecule has 0 fully saturated rings.